The van der Waals surface area contributed by atoms with Gasteiger partial charge >= 0.3 is 0 Å². The van der Waals surface area contributed by atoms with Crippen molar-refractivity contribution in [3.05, 3.63) is 35.4 Å². The van der Waals surface area contributed by atoms with Gasteiger partial charge < -0.3 is 0 Å². The predicted molar refractivity (Wildman–Crippen MR) is 86.3 cm³/mol. The van der Waals surface area contributed by atoms with Crippen LogP contribution in [-0.4, -0.2) is 0 Å². The second-order valence-electron chi connectivity index (χ2n) is 8.00. The summed E-state index contributed by atoms with van der Waals surface area (Å²) in [6, 6.07) is 9.27. The fraction of sp³-hybridized carbons (Fsp3) is 0.667. The second-order valence-corrected chi connectivity index (χ2v) is 8.00. The molecule has 0 amide bonds. The highest BCUT2D eigenvalue weighted by molar-refractivity contribution is 5.30. The van der Waals surface area contributed by atoms with Crippen molar-refractivity contribution in [1.82, 2.24) is 5.43 Å². The summed E-state index contributed by atoms with van der Waals surface area (Å²) in [5.74, 6) is 6.50. The number of rotatable bonds is 3. The lowest BCUT2D eigenvalue weighted by atomic mass is 9.75. The standard InChI is InChI=1S/C18H30N2/c1-17(2,3)14-10-8-13(9-11-14)16(20-19)15-7-6-12-18(15,4)5/h8-11,15-16,20H,6-7,12,19H2,1-5H3. The molecule has 3 N–H and O–H groups in total. The molecule has 1 aliphatic carbocycles. The minimum atomic E-state index is 0.205. The zero-order valence-electron chi connectivity index (χ0n) is 13.7. The normalized spacial score (nSPS) is 23.8. The first-order valence-corrected chi connectivity index (χ1v) is 7.82. The monoisotopic (exact) mass is 274 g/mol. The number of nitrogens with one attached hydrogen (secondary N) is 1. The van der Waals surface area contributed by atoms with Crippen LogP contribution in [-0.2, 0) is 5.41 Å². The number of benzene rings is 1. The molecule has 2 unspecified atom stereocenters. The molecule has 0 heterocycles. The molecule has 1 aromatic rings. The van der Waals surface area contributed by atoms with E-state index in [1.807, 2.05) is 0 Å². The van der Waals surface area contributed by atoms with E-state index in [1.54, 1.807) is 0 Å². The Kier molecular flexibility index (Phi) is 4.27. The lowest BCUT2D eigenvalue weighted by molar-refractivity contribution is 0.198. The van der Waals surface area contributed by atoms with Gasteiger partial charge in [0.05, 0.1) is 0 Å². The molecule has 2 nitrogen and oxygen atoms in total. The van der Waals surface area contributed by atoms with E-state index in [0.717, 1.165) is 0 Å². The van der Waals surface area contributed by atoms with Gasteiger partial charge in [-0.1, -0.05) is 65.3 Å². The second kappa shape index (κ2) is 5.50. The van der Waals surface area contributed by atoms with E-state index in [2.05, 4.69) is 64.3 Å². The molecule has 1 aromatic carbocycles. The number of hydrogen-bond donors (Lipinski definition) is 2. The van der Waals surface area contributed by atoms with E-state index in [-0.39, 0.29) is 11.5 Å². The van der Waals surface area contributed by atoms with Crippen LogP contribution in [0.15, 0.2) is 24.3 Å². The van der Waals surface area contributed by atoms with Gasteiger partial charge in [0.25, 0.3) is 0 Å². The van der Waals surface area contributed by atoms with E-state index < -0.39 is 0 Å². The number of hydrogen-bond acceptors (Lipinski definition) is 2. The Morgan fingerprint density at radius 3 is 2.20 bits per heavy atom. The van der Waals surface area contributed by atoms with Crippen molar-refractivity contribution in [3.8, 4) is 0 Å². The molecule has 1 fully saturated rings. The van der Waals surface area contributed by atoms with Crippen molar-refractivity contribution in [1.29, 1.82) is 0 Å². The number of nitrogens with two attached hydrogens (primary N) is 1. The van der Waals surface area contributed by atoms with Crippen LogP contribution < -0.4 is 11.3 Å². The average molecular weight is 274 g/mol. The highest BCUT2D eigenvalue weighted by atomic mass is 15.2. The Hall–Kier alpha value is -0.860. The molecule has 1 saturated carbocycles. The summed E-state index contributed by atoms with van der Waals surface area (Å²) in [6.45, 7) is 11.5. The van der Waals surface area contributed by atoms with Gasteiger partial charge in [-0.05, 0) is 40.7 Å². The molecule has 0 aliphatic heterocycles. The topological polar surface area (TPSA) is 38.0 Å². The van der Waals surface area contributed by atoms with Crippen molar-refractivity contribution in [2.45, 2.75) is 65.3 Å². The quantitative estimate of drug-likeness (QED) is 0.636. The fourth-order valence-electron chi connectivity index (χ4n) is 3.61. The van der Waals surface area contributed by atoms with Crippen molar-refractivity contribution >= 4 is 0 Å². The Bertz CT molecular complexity index is 439. The van der Waals surface area contributed by atoms with E-state index in [0.29, 0.717) is 11.3 Å². The summed E-state index contributed by atoms with van der Waals surface area (Å²) in [5, 5.41) is 0. The highest BCUT2D eigenvalue weighted by Gasteiger charge is 2.39. The molecule has 0 aromatic heterocycles. The Morgan fingerprint density at radius 1 is 1.20 bits per heavy atom. The van der Waals surface area contributed by atoms with Crippen molar-refractivity contribution < 1.29 is 0 Å². The Labute approximate surface area is 124 Å². The van der Waals surface area contributed by atoms with Gasteiger partial charge in [0.2, 0.25) is 0 Å². The lowest BCUT2D eigenvalue weighted by Crippen LogP contribution is -2.37. The summed E-state index contributed by atoms with van der Waals surface area (Å²) in [7, 11) is 0. The number of hydrazine groups is 1. The van der Waals surface area contributed by atoms with Gasteiger partial charge in [-0.2, -0.15) is 0 Å². The largest absolute Gasteiger partial charge is 0.271 e. The minimum Gasteiger partial charge on any atom is -0.271 e. The molecular weight excluding hydrogens is 244 g/mol. The first-order valence-electron chi connectivity index (χ1n) is 7.82. The fourth-order valence-corrected chi connectivity index (χ4v) is 3.61. The smallest absolute Gasteiger partial charge is 0.0493 e. The molecule has 0 saturated heterocycles. The molecular formula is C18H30N2. The Balaban J connectivity index is 2.24. The molecule has 112 valence electrons. The third kappa shape index (κ3) is 3.07. The third-order valence-corrected chi connectivity index (χ3v) is 5.06. The van der Waals surface area contributed by atoms with E-state index in [1.165, 1.54) is 30.4 Å². The molecule has 2 atom stereocenters. The van der Waals surface area contributed by atoms with Gasteiger partial charge in [-0.25, -0.2) is 0 Å². The molecule has 20 heavy (non-hydrogen) atoms. The summed E-state index contributed by atoms with van der Waals surface area (Å²) in [5.41, 5.74) is 6.35. The lowest BCUT2D eigenvalue weighted by Gasteiger charge is -2.34. The molecule has 0 bridgehead atoms. The van der Waals surface area contributed by atoms with Gasteiger partial charge in [-0.15, -0.1) is 0 Å². The van der Waals surface area contributed by atoms with Crippen LogP contribution in [0.5, 0.6) is 0 Å². The van der Waals surface area contributed by atoms with Crippen LogP contribution in [0.4, 0.5) is 0 Å². The van der Waals surface area contributed by atoms with Gasteiger partial charge in [-0.3, -0.25) is 11.3 Å². The van der Waals surface area contributed by atoms with Crippen LogP contribution in [0.3, 0.4) is 0 Å². The van der Waals surface area contributed by atoms with Crippen LogP contribution >= 0.6 is 0 Å². The SMILES string of the molecule is CC(C)(C)c1ccc(C(NN)C2CCCC2(C)C)cc1. The summed E-state index contributed by atoms with van der Waals surface area (Å²) in [6.07, 6.45) is 3.88. The summed E-state index contributed by atoms with van der Waals surface area (Å²) in [4.78, 5) is 0. The first-order chi connectivity index (χ1) is 9.25. The van der Waals surface area contributed by atoms with Crippen LogP contribution in [0.2, 0.25) is 0 Å². The van der Waals surface area contributed by atoms with Gasteiger partial charge in [0.1, 0.15) is 0 Å². The minimum absolute atomic E-state index is 0.205. The summed E-state index contributed by atoms with van der Waals surface area (Å²) < 4.78 is 0. The van der Waals surface area contributed by atoms with E-state index >= 15 is 0 Å². The van der Waals surface area contributed by atoms with Crippen molar-refractivity contribution in [2.24, 2.45) is 17.2 Å². The molecule has 2 rings (SSSR count). The summed E-state index contributed by atoms with van der Waals surface area (Å²) >= 11 is 0. The van der Waals surface area contributed by atoms with Crippen LogP contribution in [0.25, 0.3) is 0 Å². The van der Waals surface area contributed by atoms with E-state index in [4.69, 9.17) is 5.84 Å². The molecule has 0 radical (unpaired) electrons. The molecule has 2 heteroatoms. The zero-order valence-corrected chi connectivity index (χ0v) is 13.7. The van der Waals surface area contributed by atoms with Crippen LogP contribution in [0, 0.1) is 11.3 Å². The third-order valence-electron chi connectivity index (χ3n) is 5.06. The highest BCUT2D eigenvalue weighted by Crippen LogP contribution is 2.48. The maximum atomic E-state index is 5.88. The van der Waals surface area contributed by atoms with Crippen molar-refractivity contribution in [3.63, 3.8) is 0 Å². The maximum Gasteiger partial charge on any atom is 0.0493 e. The van der Waals surface area contributed by atoms with Gasteiger partial charge in [0, 0.05) is 6.04 Å². The van der Waals surface area contributed by atoms with Crippen molar-refractivity contribution in [2.75, 3.05) is 0 Å². The van der Waals surface area contributed by atoms with Crippen LogP contribution in [0.1, 0.15) is 71.0 Å². The first kappa shape index (κ1) is 15.5. The predicted octanol–water partition coefficient (Wildman–Crippen LogP) is 4.31. The van der Waals surface area contributed by atoms with Gasteiger partial charge in [0.15, 0.2) is 0 Å². The van der Waals surface area contributed by atoms with E-state index in [9.17, 15) is 0 Å². The Morgan fingerprint density at radius 2 is 1.80 bits per heavy atom. The zero-order chi connectivity index (χ0) is 15.0. The average Bonchev–Trinajstić information content (AvgIpc) is 2.70. The molecule has 1 aliphatic rings. The molecule has 0 spiro atoms. The maximum absolute atomic E-state index is 5.88.